The molecule has 40 heavy (non-hydrogen) atoms. The maximum Gasteiger partial charge on any atom is 0.409 e. The summed E-state index contributed by atoms with van der Waals surface area (Å²) in [5.74, 6) is 0.176. The number of aromatic nitrogens is 4. The third-order valence-electron chi connectivity index (χ3n) is 7.72. The van der Waals surface area contributed by atoms with Gasteiger partial charge in [0.15, 0.2) is 12.1 Å². The monoisotopic (exact) mass is 576 g/mol. The first-order chi connectivity index (χ1) is 19.2. The zero-order valence-corrected chi connectivity index (χ0v) is 22.9. The van der Waals surface area contributed by atoms with Crippen molar-refractivity contribution in [2.24, 2.45) is 0 Å². The average molecular weight is 577 g/mol. The Labute approximate surface area is 234 Å². The van der Waals surface area contributed by atoms with Crippen LogP contribution in [-0.4, -0.2) is 98.2 Å². The van der Waals surface area contributed by atoms with Gasteiger partial charge >= 0.3 is 6.09 Å². The summed E-state index contributed by atoms with van der Waals surface area (Å²) in [7, 11) is 1.35. The van der Waals surface area contributed by atoms with Crippen molar-refractivity contribution >= 4 is 34.7 Å². The second kappa shape index (κ2) is 10.4. The smallest absolute Gasteiger partial charge is 0.409 e. The molecule has 0 spiro atoms. The minimum absolute atomic E-state index is 0.0472. The molecule has 0 unspecified atom stereocenters. The number of hydrogen-bond donors (Lipinski definition) is 3. The molecule has 1 aromatic carbocycles. The topological polar surface area (TPSA) is 144 Å². The van der Waals surface area contributed by atoms with Crippen molar-refractivity contribution in [2.75, 3.05) is 32.1 Å². The van der Waals surface area contributed by atoms with Gasteiger partial charge in [0.25, 0.3) is 0 Å². The highest BCUT2D eigenvalue weighted by Gasteiger charge is 2.49. The van der Waals surface area contributed by atoms with Gasteiger partial charge in [-0.2, -0.15) is 0 Å². The van der Waals surface area contributed by atoms with Gasteiger partial charge in [-0.25, -0.2) is 24.1 Å². The van der Waals surface area contributed by atoms with E-state index in [9.17, 15) is 15.0 Å². The Bertz CT molecular complexity index is 1440. The fourth-order valence-electron chi connectivity index (χ4n) is 5.76. The number of carbonyl (C=O) groups is 1. The molecule has 0 saturated carbocycles. The van der Waals surface area contributed by atoms with E-state index in [4.69, 9.17) is 25.8 Å². The molecule has 2 bridgehead atoms. The highest BCUT2D eigenvalue weighted by atomic mass is 35.5. The van der Waals surface area contributed by atoms with E-state index < -0.39 is 42.6 Å². The van der Waals surface area contributed by atoms with Crippen LogP contribution in [0.15, 0.2) is 18.3 Å². The van der Waals surface area contributed by atoms with Gasteiger partial charge in [-0.15, -0.1) is 0 Å². The van der Waals surface area contributed by atoms with Crippen molar-refractivity contribution in [1.82, 2.24) is 24.4 Å². The summed E-state index contributed by atoms with van der Waals surface area (Å²) < 4.78 is 33.2. The predicted molar refractivity (Wildman–Crippen MR) is 141 cm³/mol. The van der Waals surface area contributed by atoms with Crippen LogP contribution in [0.25, 0.3) is 22.3 Å². The molecule has 2 aromatic heterocycles. The van der Waals surface area contributed by atoms with Crippen molar-refractivity contribution in [3.8, 4) is 11.3 Å². The second-order valence-corrected chi connectivity index (χ2v) is 11.0. The predicted octanol–water partition coefficient (Wildman–Crippen LogP) is 2.68. The number of imidazole rings is 1. The normalized spacial score (nSPS) is 28.1. The third-order valence-corrected chi connectivity index (χ3v) is 8.00. The molecule has 12 nitrogen and oxygen atoms in total. The molecule has 3 aromatic rings. The molecular weight excluding hydrogens is 547 g/mol. The molecule has 6 rings (SSSR count). The van der Waals surface area contributed by atoms with E-state index in [2.05, 4.69) is 20.3 Å². The summed E-state index contributed by atoms with van der Waals surface area (Å²) in [6, 6.07) is 2.21. The van der Waals surface area contributed by atoms with Gasteiger partial charge in [-0.3, -0.25) is 0 Å². The Morgan fingerprint density at radius 1 is 1.27 bits per heavy atom. The van der Waals surface area contributed by atoms with Crippen molar-refractivity contribution in [3.63, 3.8) is 0 Å². The van der Waals surface area contributed by atoms with Crippen molar-refractivity contribution < 1.29 is 33.6 Å². The first kappa shape index (κ1) is 27.1. The summed E-state index contributed by atoms with van der Waals surface area (Å²) in [4.78, 5) is 27.0. The van der Waals surface area contributed by atoms with Gasteiger partial charge in [-0.1, -0.05) is 11.6 Å². The summed E-state index contributed by atoms with van der Waals surface area (Å²) in [6.07, 6.45) is -2.00. The molecule has 3 fully saturated rings. The number of likely N-dealkylation sites (tertiary alicyclic amines) is 1. The fraction of sp³-hybridized carbons (Fsp3) is 0.538. The van der Waals surface area contributed by atoms with E-state index >= 15 is 4.39 Å². The highest BCUT2D eigenvalue weighted by Crippen LogP contribution is 2.37. The number of aliphatic hydroxyl groups excluding tert-OH is 2. The Morgan fingerprint density at radius 2 is 2.08 bits per heavy atom. The zero-order valence-electron chi connectivity index (χ0n) is 22.1. The minimum Gasteiger partial charge on any atom is -0.453 e. The SMILES string of the molecule is COC(=O)N1CC[C@@H](c2nc3c(F)cc(-c4nc(N[C@H]5[C@H](O)[C@@H]6OC[C@@H](O6)[C@H]5O)ncc4Cl)cc3n2C(C)C)C1. The van der Waals surface area contributed by atoms with Crippen molar-refractivity contribution in [3.05, 3.63) is 35.0 Å². The van der Waals surface area contributed by atoms with Gasteiger partial charge in [0.2, 0.25) is 5.95 Å². The van der Waals surface area contributed by atoms with Crippen LogP contribution in [0, 0.1) is 5.82 Å². The molecule has 14 heteroatoms. The van der Waals surface area contributed by atoms with Crippen LogP contribution >= 0.6 is 11.6 Å². The Hall–Kier alpha value is -3.10. The first-order valence-corrected chi connectivity index (χ1v) is 13.5. The summed E-state index contributed by atoms with van der Waals surface area (Å²) >= 11 is 6.48. The molecule has 5 heterocycles. The molecule has 6 atom stereocenters. The molecule has 1 amide bonds. The molecule has 0 radical (unpaired) electrons. The number of ether oxygens (including phenoxy) is 3. The Morgan fingerprint density at radius 3 is 2.83 bits per heavy atom. The molecular formula is C26H30ClFN6O6. The second-order valence-electron chi connectivity index (χ2n) is 10.6. The lowest BCUT2D eigenvalue weighted by molar-refractivity contribution is -0.186. The van der Waals surface area contributed by atoms with Crippen LogP contribution in [0.3, 0.4) is 0 Å². The van der Waals surface area contributed by atoms with E-state index in [0.29, 0.717) is 36.4 Å². The lowest BCUT2D eigenvalue weighted by Gasteiger charge is -2.36. The van der Waals surface area contributed by atoms with E-state index in [1.807, 2.05) is 18.4 Å². The van der Waals surface area contributed by atoms with E-state index in [1.165, 1.54) is 19.4 Å². The number of carbonyl (C=O) groups excluding carboxylic acids is 1. The van der Waals surface area contributed by atoms with E-state index in [0.717, 1.165) is 0 Å². The summed E-state index contributed by atoms with van der Waals surface area (Å²) in [5, 5.41) is 24.4. The van der Waals surface area contributed by atoms with Gasteiger partial charge in [-0.05, 0) is 32.4 Å². The largest absolute Gasteiger partial charge is 0.453 e. The number of benzene rings is 1. The Kier molecular flexibility index (Phi) is 7.03. The molecule has 3 aliphatic heterocycles. The fourth-order valence-corrected chi connectivity index (χ4v) is 5.96. The quantitative estimate of drug-likeness (QED) is 0.414. The highest BCUT2D eigenvalue weighted by molar-refractivity contribution is 6.33. The number of fused-ring (bicyclic) bond motifs is 3. The number of rotatable bonds is 5. The number of nitrogens with zero attached hydrogens (tertiary/aromatic N) is 5. The van der Waals surface area contributed by atoms with Crippen LogP contribution in [-0.2, 0) is 14.2 Å². The van der Waals surface area contributed by atoms with E-state index in [1.54, 1.807) is 11.0 Å². The summed E-state index contributed by atoms with van der Waals surface area (Å²) in [6.45, 7) is 5.11. The number of anilines is 1. The van der Waals surface area contributed by atoms with Gasteiger partial charge < -0.3 is 39.2 Å². The first-order valence-electron chi connectivity index (χ1n) is 13.1. The number of nitrogens with one attached hydrogen (secondary N) is 1. The van der Waals surface area contributed by atoms with Gasteiger partial charge in [0.1, 0.15) is 29.7 Å². The van der Waals surface area contributed by atoms with Crippen molar-refractivity contribution in [1.29, 1.82) is 0 Å². The molecule has 3 N–H and O–H groups in total. The van der Waals surface area contributed by atoms with E-state index in [-0.39, 0.29) is 40.7 Å². The standard InChI is InChI=1S/C26H30ClFN6O6/c1-11(2)34-16-7-13(6-15(28)19(16)30-23(34)12-4-5-33(9-12)26(37)38-3)18-14(27)8-29-25(31-18)32-20-21(35)17-10-39-24(40-17)22(20)36/h6-8,11-12,17,20-22,24,35-36H,4-5,9-10H2,1-3H3,(H,29,31,32)/t12-,17-,20-,21-,22+,24-/m1/s1. The maximum atomic E-state index is 15.6. The van der Waals surface area contributed by atoms with Crippen molar-refractivity contribution in [2.45, 2.75) is 62.9 Å². The number of hydrogen-bond acceptors (Lipinski definition) is 10. The van der Waals surface area contributed by atoms with Gasteiger partial charge in [0, 0.05) is 30.6 Å². The number of methoxy groups -OCH3 is 1. The van der Waals surface area contributed by atoms with Crippen LogP contribution in [0.4, 0.5) is 15.1 Å². The lowest BCUT2D eigenvalue weighted by atomic mass is 9.98. The third kappa shape index (κ3) is 4.55. The summed E-state index contributed by atoms with van der Waals surface area (Å²) in [5.41, 5.74) is 1.47. The van der Waals surface area contributed by atoms with Gasteiger partial charge in [0.05, 0.1) is 42.2 Å². The van der Waals surface area contributed by atoms with Crippen LogP contribution < -0.4 is 5.32 Å². The Balaban J connectivity index is 1.35. The lowest BCUT2D eigenvalue weighted by Crippen LogP contribution is -2.57. The zero-order chi connectivity index (χ0) is 28.3. The number of halogens is 2. The molecule has 214 valence electrons. The van der Waals surface area contributed by atoms with Crippen LogP contribution in [0.2, 0.25) is 5.02 Å². The molecule has 3 saturated heterocycles. The number of amides is 1. The van der Waals surface area contributed by atoms with Crippen LogP contribution in [0.5, 0.6) is 0 Å². The minimum atomic E-state index is -1.16. The molecule has 0 aliphatic carbocycles. The number of aliphatic hydroxyl groups is 2. The molecule has 3 aliphatic rings. The maximum absolute atomic E-state index is 15.6. The van der Waals surface area contributed by atoms with Crippen LogP contribution in [0.1, 0.15) is 38.1 Å². The average Bonchev–Trinajstić information content (AvgIpc) is 3.68.